The van der Waals surface area contributed by atoms with E-state index in [0.717, 1.165) is 15.9 Å². The number of carbonyl (C=O) groups is 1. The first-order valence-electron chi connectivity index (χ1n) is 11.0. The van der Waals surface area contributed by atoms with Crippen molar-refractivity contribution in [1.29, 1.82) is 0 Å². The summed E-state index contributed by atoms with van der Waals surface area (Å²) in [7, 11) is 4.52. The van der Waals surface area contributed by atoms with Crippen LogP contribution >= 0.6 is 11.3 Å². The molecule has 0 bridgehead atoms. The van der Waals surface area contributed by atoms with Gasteiger partial charge in [0, 0.05) is 10.9 Å². The Morgan fingerprint density at radius 1 is 1.03 bits per heavy atom. The van der Waals surface area contributed by atoms with Gasteiger partial charge in [-0.15, -0.1) is 21.5 Å². The van der Waals surface area contributed by atoms with E-state index in [0.29, 0.717) is 33.4 Å². The number of carbonyl (C=O) groups excluding carboxylic acids is 1. The van der Waals surface area contributed by atoms with Gasteiger partial charge in [0.05, 0.1) is 32.7 Å². The molecule has 5 aromatic rings. The highest BCUT2D eigenvalue weighted by molar-refractivity contribution is 7.20. The van der Waals surface area contributed by atoms with Gasteiger partial charge in [-0.05, 0) is 49.4 Å². The Balaban J connectivity index is 1.33. The number of nitrogens with zero attached hydrogens (tertiary/aromatic N) is 4. The Morgan fingerprint density at radius 3 is 2.38 bits per heavy atom. The first kappa shape index (κ1) is 24.3. The smallest absolute Gasteiger partial charge is 0.348 e. The van der Waals surface area contributed by atoms with E-state index in [-0.39, 0.29) is 24.2 Å². The molecule has 0 aliphatic rings. The van der Waals surface area contributed by atoms with Crippen molar-refractivity contribution in [3.63, 3.8) is 0 Å². The maximum absolute atomic E-state index is 13.3. The van der Waals surface area contributed by atoms with Gasteiger partial charge in [-0.3, -0.25) is 0 Å². The van der Waals surface area contributed by atoms with Gasteiger partial charge in [-0.1, -0.05) is 0 Å². The Labute approximate surface area is 214 Å². The summed E-state index contributed by atoms with van der Waals surface area (Å²) >= 11 is 1.23. The van der Waals surface area contributed by atoms with E-state index in [4.69, 9.17) is 23.4 Å². The molecule has 2 aromatic carbocycles. The second-order valence-electron chi connectivity index (χ2n) is 7.79. The SMILES string of the molecule is COc1cc(-c2nnc(COC(=O)c3cc4c(C)nn(-c5ccc(F)cc5)c4s3)o2)cc(OC)c1OC. The van der Waals surface area contributed by atoms with Gasteiger partial charge in [0.25, 0.3) is 5.89 Å². The van der Waals surface area contributed by atoms with Gasteiger partial charge < -0.3 is 23.4 Å². The fraction of sp³-hybridized carbons (Fsp3) is 0.200. The van der Waals surface area contributed by atoms with Crippen LogP contribution in [0.3, 0.4) is 0 Å². The summed E-state index contributed by atoms with van der Waals surface area (Å²) in [6, 6.07) is 11.0. The van der Waals surface area contributed by atoms with Crippen molar-refractivity contribution >= 4 is 27.5 Å². The first-order valence-corrected chi connectivity index (χ1v) is 11.8. The number of thiophene rings is 1. The molecule has 0 amide bonds. The van der Waals surface area contributed by atoms with Crippen LogP contribution in [0.2, 0.25) is 0 Å². The van der Waals surface area contributed by atoms with E-state index in [2.05, 4.69) is 15.3 Å². The molecule has 0 atom stereocenters. The Kier molecular flexibility index (Phi) is 6.49. The zero-order chi connectivity index (χ0) is 26.1. The maximum atomic E-state index is 13.3. The average Bonchev–Trinajstić information content (AvgIpc) is 3.64. The molecule has 5 rings (SSSR count). The highest BCUT2D eigenvalue weighted by atomic mass is 32.1. The number of hydrogen-bond acceptors (Lipinski definition) is 10. The lowest BCUT2D eigenvalue weighted by Gasteiger charge is -2.12. The summed E-state index contributed by atoms with van der Waals surface area (Å²) in [6.07, 6.45) is 0. The number of hydrogen-bond donors (Lipinski definition) is 0. The quantitative estimate of drug-likeness (QED) is 0.260. The van der Waals surface area contributed by atoms with Crippen molar-refractivity contribution in [3.8, 4) is 34.4 Å². The molecule has 10 nitrogen and oxygen atoms in total. The standard InChI is InChI=1S/C25H21FN4O6S/c1-13-17-11-20(37-24(17)30(29-13)16-7-5-15(26)6-8-16)25(31)35-12-21-27-28-23(36-21)14-9-18(32-2)22(34-4)19(10-14)33-3/h5-11H,12H2,1-4H3. The third kappa shape index (κ3) is 4.58. The summed E-state index contributed by atoms with van der Waals surface area (Å²) in [5.74, 6) is 0.731. The van der Waals surface area contributed by atoms with Crippen LogP contribution in [0.4, 0.5) is 4.39 Å². The number of rotatable bonds is 8. The lowest BCUT2D eigenvalue weighted by atomic mass is 10.2. The average molecular weight is 525 g/mol. The highest BCUT2D eigenvalue weighted by Crippen LogP contribution is 2.41. The molecule has 0 spiro atoms. The topological polar surface area (TPSA) is 111 Å². The lowest BCUT2D eigenvalue weighted by Crippen LogP contribution is -2.03. The van der Waals surface area contributed by atoms with Crippen LogP contribution < -0.4 is 14.2 Å². The van der Waals surface area contributed by atoms with Crippen molar-refractivity contribution in [2.24, 2.45) is 0 Å². The number of benzene rings is 2. The second kappa shape index (κ2) is 9.90. The molecule has 0 aliphatic carbocycles. The summed E-state index contributed by atoms with van der Waals surface area (Å²) in [5.41, 5.74) is 1.97. The van der Waals surface area contributed by atoms with Crippen molar-refractivity contribution in [1.82, 2.24) is 20.0 Å². The van der Waals surface area contributed by atoms with E-state index < -0.39 is 5.97 Å². The minimum absolute atomic E-state index is 0.117. The molecule has 3 heterocycles. The summed E-state index contributed by atoms with van der Waals surface area (Å²) < 4.78 is 42.2. The fourth-order valence-electron chi connectivity index (χ4n) is 3.74. The van der Waals surface area contributed by atoms with Crippen LogP contribution in [0.1, 0.15) is 21.3 Å². The van der Waals surface area contributed by atoms with E-state index >= 15 is 0 Å². The van der Waals surface area contributed by atoms with Crippen LogP contribution in [-0.2, 0) is 11.3 Å². The molecule has 0 unspecified atom stereocenters. The monoisotopic (exact) mass is 524 g/mol. The Hall–Kier alpha value is -4.45. The number of ether oxygens (including phenoxy) is 4. The predicted molar refractivity (Wildman–Crippen MR) is 132 cm³/mol. The summed E-state index contributed by atoms with van der Waals surface area (Å²) in [5, 5.41) is 13.3. The van der Waals surface area contributed by atoms with Crippen LogP contribution in [0.25, 0.3) is 27.4 Å². The van der Waals surface area contributed by atoms with Gasteiger partial charge in [-0.25, -0.2) is 13.9 Å². The van der Waals surface area contributed by atoms with Crippen molar-refractivity contribution < 1.29 is 32.5 Å². The van der Waals surface area contributed by atoms with Gasteiger partial charge in [0.15, 0.2) is 18.1 Å². The molecule has 3 aromatic heterocycles. The summed E-state index contributed by atoms with van der Waals surface area (Å²) in [4.78, 5) is 13.9. The zero-order valence-electron chi connectivity index (χ0n) is 20.3. The normalized spacial score (nSPS) is 11.1. The number of esters is 1. The van der Waals surface area contributed by atoms with Crippen molar-refractivity contribution in [2.45, 2.75) is 13.5 Å². The van der Waals surface area contributed by atoms with Crippen LogP contribution in [-0.4, -0.2) is 47.3 Å². The van der Waals surface area contributed by atoms with Crippen LogP contribution in [0.5, 0.6) is 17.2 Å². The molecule has 12 heteroatoms. The molecule has 0 aliphatic heterocycles. The van der Waals surface area contributed by atoms with Gasteiger partial charge in [0.1, 0.15) is 15.5 Å². The van der Waals surface area contributed by atoms with Crippen LogP contribution in [0, 0.1) is 12.7 Å². The molecule has 0 saturated carbocycles. The minimum Gasteiger partial charge on any atom is -0.493 e. The molecule has 0 radical (unpaired) electrons. The van der Waals surface area contributed by atoms with E-state index in [9.17, 15) is 9.18 Å². The molecule has 190 valence electrons. The van der Waals surface area contributed by atoms with Gasteiger partial charge in [0.2, 0.25) is 11.6 Å². The van der Waals surface area contributed by atoms with Crippen LogP contribution in [0.15, 0.2) is 46.9 Å². The third-order valence-corrected chi connectivity index (χ3v) is 6.61. The summed E-state index contributed by atoms with van der Waals surface area (Å²) in [6.45, 7) is 1.63. The Morgan fingerprint density at radius 2 is 1.73 bits per heavy atom. The molecular formula is C25H21FN4O6S. The Bertz CT molecular complexity index is 1570. The molecule has 0 saturated heterocycles. The number of aromatic nitrogens is 4. The van der Waals surface area contributed by atoms with Gasteiger partial charge >= 0.3 is 5.97 Å². The lowest BCUT2D eigenvalue weighted by molar-refractivity contribution is 0.0444. The van der Waals surface area contributed by atoms with Crippen molar-refractivity contribution in [3.05, 3.63) is 64.7 Å². The maximum Gasteiger partial charge on any atom is 0.348 e. The number of halogens is 1. The van der Waals surface area contributed by atoms with Crippen molar-refractivity contribution in [2.75, 3.05) is 21.3 Å². The molecule has 37 heavy (non-hydrogen) atoms. The fourth-order valence-corrected chi connectivity index (χ4v) is 4.81. The van der Waals surface area contributed by atoms with E-state index in [1.165, 1.54) is 44.8 Å². The highest BCUT2D eigenvalue weighted by Gasteiger charge is 2.21. The molecular weight excluding hydrogens is 503 g/mol. The number of aryl methyl sites for hydroxylation is 1. The molecule has 0 fully saturated rings. The predicted octanol–water partition coefficient (Wildman–Crippen LogP) is 4.97. The van der Waals surface area contributed by atoms with Gasteiger partial charge in [-0.2, -0.15) is 5.10 Å². The second-order valence-corrected chi connectivity index (χ2v) is 8.82. The number of fused-ring (bicyclic) bond motifs is 1. The first-order chi connectivity index (χ1) is 17.9. The van der Waals surface area contributed by atoms with E-state index in [1.807, 2.05) is 6.92 Å². The third-order valence-electron chi connectivity index (χ3n) is 5.52. The largest absolute Gasteiger partial charge is 0.493 e. The molecule has 0 N–H and O–H groups in total. The number of methoxy groups -OCH3 is 3. The minimum atomic E-state index is -0.543. The van der Waals surface area contributed by atoms with E-state index in [1.54, 1.807) is 35.0 Å². The zero-order valence-corrected chi connectivity index (χ0v) is 21.1.